The molecule has 4 N–H and O–H groups in total. The first-order valence-electron chi connectivity index (χ1n) is 5.06. The lowest BCUT2D eigenvalue weighted by Gasteiger charge is -2.35. The lowest BCUT2D eigenvalue weighted by Crippen LogP contribution is -2.52. The quantitative estimate of drug-likeness (QED) is 0.489. The molecule has 0 radical (unpaired) electrons. The zero-order valence-corrected chi connectivity index (χ0v) is 9.14. The third kappa shape index (κ3) is 3.53. The van der Waals surface area contributed by atoms with Crippen LogP contribution in [0.5, 0.6) is 0 Å². The second kappa shape index (κ2) is 5.66. The number of aliphatic hydroxyl groups is 4. The molecule has 0 rings (SSSR count). The monoisotopic (exact) mass is 206 g/mol. The molecule has 0 fully saturated rings. The summed E-state index contributed by atoms with van der Waals surface area (Å²) in [6.45, 7) is 4.93. The molecule has 86 valence electrons. The highest BCUT2D eigenvalue weighted by atomic mass is 16.4. The fourth-order valence-corrected chi connectivity index (χ4v) is 1.57. The molecule has 0 aromatic carbocycles. The second-order valence-electron chi connectivity index (χ2n) is 4.28. The molecule has 0 aromatic heterocycles. The topological polar surface area (TPSA) is 80.9 Å². The van der Waals surface area contributed by atoms with E-state index in [9.17, 15) is 15.3 Å². The van der Waals surface area contributed by atoms with Crippen molar-refractivity contribution in [2.75, 3.05) is 6.61 Å². The fraction of sp³-hybridized carbons (Fsp3) is 1.00. The van der Waals surface area contributed by atoms with Crippen molar-refractivity contribution in [2.24, 2.45) is 5.92 Å². The van der Waals surface area contributed by atoms with Crippen LogP contribution in [0.3, 0.4) is 0 Å². The molecule has 0 amide bonds. The summed E-state index contributed by atoms with van der Waals surface area (Å²) in [6, 6.07) is 0. The van der Waals surface area contributed by atoms with Crippen LogP contribution in [-0.2, 0) is 0 Å². The van der Waals surface area contributed by atoms with Gasteiger partial charge < -0.3 is 20.4 Å². The van der Waals surface area contributed by atoms with Crippen LogP contribution in [-0.4, -0.2) is 44.8 Å². The maximum absolute atomic E-state index is 9.90. The molecular weight excluding hydrogens is 184 g/mol. The molecule has 0 saturated heterocycles. The van der Waals surface area contributed by atoms with Gasteiger partial charge in [0.05, 0.1) is 12.7 Å². The predicted molar refractivity (Wildman–Crippen MR) is 53.8 cm³/mol. The minimum atomic E-state index is -1.59. The Labute approximate surface area is 85.2 Å². The zero-order valence-electron chi connectivity index (χ0n) is 9.14. The third-order valence-electron chi connectivity index (χ3n) is 2.37. The predicted octanol–water partition coefficient (Wildman–Crippen LogP) is -0.112. The highest BCUT2D eigenvalue weighted by Crippen LogP contribution is 2.23. The standard InChI is InChI=1S/C10H22O4/c1-4-8(12)9(13)10(14,6-11)5-7(2)3/h7-9,11-14H,4-6H2,1-3H3. The molecule has 0 aromatic rings. The summed E-state index contributed by atoms with van der Waals surface area (Å²) >= 11 is 0. The van der Waals surface area contributed by atoms with E-state index in [-0.39, 0.29) is 12.3 Å². The van der Waals surface area contributed by atoms with Gasteiger partial charge in [-0.3, -0.25) is 0 Å². The van der Waals surface area contributed by atoms with Gasteiger partial charge in [-0.05, 0) is 18.8 Å². The maximum atomic E-state index is 9.90. The van der Waals surface area contributed by atoms with Crippen molar-refractivity contribution in [1.82, 2.24) is 0 Å². The van der Waals surface area contributed by atoms with Gasteiger partial charge in [-0.1, -0.05) is 20.8 Å². The zero-order chi connectivity index (χ0) is 11.4. The molecule has 3 atom stereocenters. The van der Waals surface area contributed by atoms with Crippen molar-refractivity contribution in [3.63, 3.8) is 0 Å². The largest absolute Gasteiger partial charge is 0.393 e. The van der Waals surface area contributed by atoms with Crippen LogP contribution in [0.4, 0.5) is 0 Å². The number of aliphatic hydroxyl groups excluding tert-OH is 3. The van der Waals surface area contributed by atoms with E-state index in [0.717, 1.165) is 0 Å². The van der Waals surface area contributed by atoms with Gasteiger partial charge in [0.2, 0.25) is 0 Å². The van der Waals surface area contributed by atoms with Gasteiger partial charge in [-0.15, -0.1) is 0 Å². The third-order valence-corrected chi connectivity index (χ3v) is 2.37. The maximum Gasteiger partial charge on any atom is 0.116 e. The van der Waals surface area contributed by atoms with Crippen molar-refractivity contribution in [2.45, 2.75) is 51.4 Å². The molecule has 0 heterocycles. The van der Waals surface area contributed by atoms with Crippen LogP contribution in [0.2, 0.25) is 0 Å². The molecule has 14 heavy (non-hydrogen) atoms. The summed E-state index contributed by atoms with van der Waals surface area (Å²) in [6.07, 6.45) is -1.67. The van der Waals surface area contributed by atoms with E-state index in [4.69, 9.17) is 5.11 Å². The molecule has 0 aliphatic heterocycles. The average molecular weight is 206 g/mol. The Kier molecular flexibility index (Phi) is 5.59. The molecule has 4 nitrogen and oxygen atoms in total. The summed E-state index contributed by atoms with van der Waals surface area (Å²) in [5, 5.41) is 37.9. The van der Waals surface area contributed by atoms with Gasteiger partial charge in [-0.2, -0.15) is 0 Å². The smallest absolute Gasteiger partial charge is 0.116 e. The Bertz CT molecular complexity index is 160. The van der Waals surface area contributed by atoms with Crippen molar-refractivity contribution in [1.29, 1.82) is 0 Å². The summed E-state index contributed by atoms with van der Waals surface area (Å²) < 4.78 is 0. The molecule has 0 aliphatic rings. The van der Waals surface area contributed by atoms with E-state index < -0.39 is 24.4 Å². The van der Waals surface area contributed by atoms with Crippen LogP contribution < -0.4 is 0 Å². The average Bonchev–Trinajstić information content (AvgIpc) is 2.14. The first kappa shape index (κ1) is 13.8. The van der Waals surface area contributed by atoms with Crippen molar-refractivity contribution in [3.05, 3.63) is 0 Å². The van der Waals surface area contributed by atoms with E-state index in [1.54, 1.807) is 6.92 Å². The summed E-state index contributed by atoms with van der Waals surface area (Å²) in [5.74, 6) is 0.144. The highest BCUT2D eigenvalue weighted by Gasteiger charge is 2.39. The van der Waals surface area contributed by atoms with Crippen molar-refractivity contribution < 1.29 is 20.4 Å². The molecule has 3 unspecified atom stereocenters. The first-order chi connectivity index (χ1) is 6.37. The summed E-state index contributed by atoms with van der Waals surface area (Å²) in [7, 11) is 0. The Morgan fingerprint density at radius 2 is 1.71 bits per heavy atom. The second-order valence-corrected chi connectivity index (χ2v) is 4.28. The van der Waals surface area contributed by atoms with E-state index in [2.05, 4.69) is 0 Å². The SMILES string of the molecule is CCC(O)C(O)C(O)(CO)CC(C)C. The van der Waals surface area contributed by atoms with Gasteiger partial charge in [0, 0.05) is 0 Å². The highest BCUT2D eigenvalue weighted by molar-refractivity contribution is 4.90. The Morgan fingerprint density at radius 3 is 2.00 bits per heavy atom. The lowest BCUT2D eigenvalue weighted by molar-refractivity contribution is -0.154. The van der Waals surface area contributed by atoms with Crippen molar-refractivity contribution in [3.8, 4) is 0 Å². The fourth-order valence-electron chi connectivity index (χ4n) is 1.57. The normalized spacial score (nSPS) is 20.6. The Balaban J connectivity index is 4.49. The van der Waals surface area contributed by atoms with Crippen LogP contribution in [0.1, 0.15) is 33.6 Å². The molecule has 0 aliphatic carbocycles. The van der Waals surface area contributed by atoms with E-state index in [1.165, 1.54) is 0 Å². The minimum Gasteiger partial charge on any atom is -0.393 e. The van der Waals surface area contributed by atoms with Crippen LogP contribution >= 0.6 is 0 Å². The van der Waals surface area contributed by atoms with Crippen LogP contribution in [0.15, 0.2) is 0 Å². The van der Waals surface area contributed by atoms with Crippen molar-refractivity contribution >= 4 is 0 Å². The lowest BCUT2D eigenvalue weighted by atomic mass is 9.85. The minimum absolute atomic E-state index is 0.144. The van der Waals surface area contributed by atoms with Crippen LogP contribution in [0, 0.1) is 5.92 Å². The van der Waals surface area contributed by atoms with Gasteiger partial charge in [-0.25, -0.2) is 0 Å². The van der Waals surface area contributed by atoms with Gasteiger partial charge in [0.15, 0.2) is 0 Å². The summed E-state index contributed by atoms with van der Waals surface area (Å²) in [5.41, 5.74) is -1.59. The van der Waals surface area contributed by atoms with Gasteiger partial charge in [0.1, 0.15) is 11.7 Å². The first-order valence-corrected chi connectivity index (χ1v) is 5.06. The van der Waals surface area contributed by atoms with Crippen LogP contribution in [0.25, 0.3) is 0 Å². The summed E-state index contributed by atoms with van der Waals surface area (Å²) in [4.78, 5) is 0. The van der Waals surface area contributed by atoms with E-state index >= 15 is 0 Å². The number of rotatable bonds is 6. The van der Waals surface area contributed by atoms with E-state index in [1.807, 2.05) is 13.8 Å². The number of hydrogen-bond acceptors (Lipinski definition) is 4. The Morgan fingerprint density at radius 1 is 1.21 bits per heavy atom. The molecular formula is C10H22O4. The van der Waals surface area contributed by atoms with Gasteiger partial charge in [0.25, 0.3) is 0 Å². The number of hydrogen-bond donors (Lipinski definition) is 4. The van der Waals surface area contributed by atoms with E-state index in [0.29, 0.717) is 6.42 Å². The molecule has 0 spiro atoms. The molecule has 0 bridgehead atoms. The van der Waals surface area contributed by atoms with Gasteiger partial charge >= 0.3 is 0 Å². The molecule has 0 saturated carbocycles. The molecule has 4 heteroatoms. The Hall–Kier alpha value is -0.160.